The van der Waals surface area contributed by atoms with Crippen LogP contribution in [0.1, 0.15) is 28.0 Å². The maximum Gasteiger partial charge on any atom is 0.110 e. The second-order valence-electron chi connectivity index (χ2n) is 5.79. The van der Waals surface area contributed by atoms with Gasteiger partial charge in [-0.2, -0.15) is 0 Å². The summed E-state index contributed by atoms with van der Waals surface area (Å²) in [6.45, 7) is 1.60. The van der Waals surface area contributed by atoms with Crippen molar-refractivity contribution < 1.29 is 4.74 Å². The molecule has 2 aliphatic rings. The molecule has 0 saturated carbocycles. The van der Waals surface area contributed by atoms with Crippen LogP contribution in [0.3, 0.4) is 0 Å². The normalized spacial score (nSPS) is 22.9. The molecule has 3 heteroatoms. The maximum atomic E-state index is 6.25. The van der Waals surface area contributed by atoms with Crippen molar-refractivity contribution in [1.82, 2.24) is 4.90 Å². The van der Waals surface area contributed by atoms with E-state index in [-0.39, 0.29) is 6.10 Å². The number of nitrogens with zero attached hydrogens (tertiary/aromatic N) is 1. The third-order valence-electron chi connectivity index (χ3n) is 4.33. The molecule has 1 aromatic heterocycles. The van der Waals surface area contributed by atoms with Gasteiger partial charge >= 0.3 is 0 Å². The number of hydrogen-bond donors (Lipinski definition) is 0. The zero-order valence-corrected chi connectivity index (χ0v) is 13.7. The third-order valence-corrected chi connectivity index (χ3v) is 5.35. The van der Waals surface area contributed by atoms with E-state index in [1.54, 1.807) is 0 Å². The fraction of sp³-hybridized carbons (Fsp3) is 0.200. The van der Waals surface area contributed by atoms with Crippen LogP contribution >= 0.6 is 11.3 Å². The molecule has 0 amide bonds. The fourth-order valence-electron chi connectivity index (χ4n) is 3.17. The summed E-state index contributed by atoms with van der Waals surface area (Å²) >= 11 is 1.81. The predicted octanol–water partition coefficient (Wildman–Crippen LogP) is 4.85. The molecular weight excluding hydrogens is 302 g/mol. The number of benzene rings is 1. The van der Waals surface area contributed by atoms with E-state index in [1.807, 2.05) is 23.5 Å². The molecule has 0 unspecified atom stereocenters. The van der Waals surface area contributed by atoms with Gasteiger partial charge in [-0.15, -0.1) is 11.3 Å². The van der Waals surface area contributed by atoms with Gasteiger partial charge in [0.05, 0.1) is 13.2 Å². The summed E-state index contributed by atoms with van der Waals surface area (Å²) < 4.78 is 6.25. The molecule has 2 atom stereocenters. The number of hydrogen-bond acceptors (Lipinski definition) is 3. The maximum absolute atomic E-state index is 6.25. The van der Waals surface area contributed by atoms with Gasteiger partial charge in [-0.25, -0.2) is 0 Å². The molecule has 0 aliphatic carbocycles. The molecule has 3 heterocycles. The average Bonchev–Trinajstić information content (AvgIpc) is 2.95. The van der Waals surface area contributed by atoms with E-state index in [0.29, 0.717) is 5.92 Å². The van der Waals surface area contributed by atoms with E-state index in [2.05, 4.69) is 71.2 Å². The van der Waals surface area contributed by atoms with Gasteiger partial charge in [0.2, 0.25) is 0 Å². The Morgan fingerprint density at radius 3 is 2.57 bits per heavy atom. The minimum Gasteiger partial charge on any atom is -0.370 e. The molecule has 4 rings (SSSR count). The van der Waals surface area contributed by atoms with Crippen molar-refractivity contribution in [3.05, 3.63) is 94.5 Å². The minimum absolute atomic E-state index is 0.136. The zero-order chi connectivity index (χ0) is 15.5. The van der Waals surface area contributed by atoms with Crippen molar-refractivity contribution in [2.24, 2.45) is 0 Å². The van der Waals surface area contributed by atoms with Gasteiger partial charge in [0.1, 0.15) is 6.10 Å². The van der Waals surface area contributed by atoms with Crippen LogP contribution < -0.4 is 0 Å². The molecule has 0 N–H and O–H groups in total. The highest BCUT2D eigenvalue weighted by Crippen LogP contribution is 2.41. The van der Waals surface area contributed by atoms with Crippen LogP contribution in [0.25, 0.3) is 0 Å². The molecule has 0 fully saturated rings. The predicted molar refractivity (Wildman–Crippen MR) is 95.4 cm³/mol. The van der Waals surface area contributed by atoms with Crippen molar-refractivity contribution >= 4 is 11.3 Å². The van der Waals surface area contributed by atoms with Crippen molar-refractivity contribution in [1.29, 1.82) is 0 Å². The second kappa shape index (κ2) is 6.57. The quantitative estimate of drug-likeness (QED) is 0.801. The van der Waals surface area contributed by atoms with E-state index in [0.717, 1.165) is 13.2 Å². The number of ether oxygens (including phenoxy) is 1. The second-order valence-corrected chi connectivity index (χ2v) is 6.74. The van der Waals surface area contributed by atoms with Crippen molar-refractivity contribution in [3.63, 3.8) is 0 Å². The van der Waals surface area contributed by atoms with Crippen LogP contribution in [0.5, 0.6) is 0 Å². The summed E-state index contributed by atoms with van der Waals surface area (Å²) in [5, 5.41) is 2.19. The highest BCUT2D eigenvalue weighted by molar-refractivity contribution is 7.10. The molecule has 0 bridgehead atoms. The van der Waals surface area contributed by atoms with Crippen molar-refractivity contribution in [3.8, 4) is 0 Å². The highest BCUT2D eigenvalue weighted by atomic mass is 32.1. The van der Waals surface area contributed by atoms with Crippen LogP contribution in [0, 0.1) is 0 Å². The topological polar surface area (TPSA) is 12.5 Å². The minimum atomic E-state index is 0.136. The van der Waals surface area contributed by atoms with E-state index in [9.17, 15) is 0 Å². The molecule has 2 nitrogen and oxygen atoms in total. The lowest BCUT2D eigenvalue weighted by Crippen LogP contribution is -2.27. The summed E-state index contributed by atoms with van der Waals surface area (Å²) in [5.41, 5.74) is 2.77. The number of rotatable bonds is 3. The van der Waals surface area contributed by atoms with Crippen LogP contribution in [0.15, 0.2) is 78.5 Å². The highest BCUT2D eigenvalue weighted by Gasteiger charge is 2.30. The van der Waals surface area contributed by atoms with E-state index in [1.165, 1.54) is 16.0 Å². The Kier molecular flexibility index (Phi) is 4.14. The van der Waals surface area contributed by atoms with Crippen molar-refractivity contribution in [2.45, 2.75) is 12.0 Å². The standard InChI is InChI=1S/C20H19NOS/c1-2-7-12-21(11-6-1)14-19-20-17(10-13-23-20)18(15-22-19)16-8-4-3-5-9-16/h1-13,18-19H,14-15H2/t18-,19-/m1/s1. The Bertz CT molecular complexity index is 728. The average molecular weight is 321 g/mol. The van der Waals surface area contributed by atoms with Gasteiger partial charge in [-0.05, 0) is 34.7 Å². The summed E-state index contributed by atoms with van der Waals surface area (Å²) in [4.78, 5) is 3.56. The molecule has 0 spiro atoms. The lowest BCUT2D eigenvalue weighted by molar-refractivity contribution is 0.0262. The van der Waals surface area contributed by atoms with Crippen LogP contribution in [0.2, 0.25) is 0 Å². The Morgan fingerprint density at radius 2 is 1.78 bits per heavy atom. The Morgan fingerprint density at radius 1 is 1.00 bits per heavy atom. The monoisotopic (exact) mass is 321 g/mol. The van der Waals surface area contributed by atoms with Crippen LogP contribution in [-0.4, -0.2) is 18.1 Å². The number of thiophene rings is 1. The molecule has 116 valence electrons. The lowest BCUT2D eigenvalue weighted by Gasteiger charge is -2.32. The van der Waals surface area contributed by atoms with Crippen LogP contribution in [-0.2, 0) is 4.74 Å². The molecule has 1 aromatic carbocycles. The van der Waals surface area contributed by atoms with Crippen LogP contribution in [0.4, 0.5) is 0 Å². The fourth-order valence-corrected chi connectivity index (χ4v) is 4.17. The molecule has 2 aromatic rings. The first-order valence-corrected chi connectivity index (χ1v) is 8.81. The van der Waals surface area contributed by atoms with Gasteiger partial charge in [0.15, 0.2) is 0 Å². The Balaban J connectivity index is 1.58. The number of fused-ring (bicyclic) bond motifs is 1. The van der Waals surface area contributed by atoms with E-state index in [4.69, 9.17) is 4.74 Å². The summed E-state index contributed by atoms with van der Waals surface area (Å²) in [7, 11) is 0. The van der Waals surface area contributed by atoms with Gasteiger partial charge in [0.25, 0.3) is 0 Å². The Hall–Kier alpha value is -2.10. The first kappa shape index (κ1) is 14.5. The molecule has 2 aliphatic heterocycles. The first-order valence-electron chi connectivity index (χ1n) is 7.93. The molecule has 23 heavy (non-hydrogen) atoms. The molecular formula is C20H19NOS. The first-order chi connectivity index (χ1) is 11.4. The van der Waals surface area contributed by atoms with Crippen molar-refractivity contribution in [2.75, 3.05) is 13.2 Å². The zero-order valence-electron chi connectivity index (χ0n) is 12.8. The molecule has 0 radical (unpaired) electrons. The van der Waals surface area contributed by atoms with Gasteiger partial charge in [-0.3, -0.25) is 0 Å². The third kappa shape index (κ3) is 3.03. The summed E-state index contributed by atoms with van der Waals surface area (Å²) in [5.74, 6) is 0.352. The van der Waals surface area contributed by atoms with E-state index < -0.39 is 0 Å². The SMILES string of the molecule is C1=CC=CN(C[C@H]2OC[C@H](c3ccccc3)c3ccsc32)C=C1. The molecule has 0 saturated heterocycles. The lowest BCUT2D eigenvalue weighted by atomic mass is 9.89. The van der Waals surface area contributed by atoms with Gasteiger partial charge in [0, 0.05) is 23.2 Å². The smallest absolute Gasteiger partial charge is 0.110 e. The summed E-state index contributed by atoms with van der Waals surface area (Å²) in [6, 6.07) is 12.9. The number of allylic oxidation sites excluding steroid dienone is 4. The largest absolute Gasteiger partial charge is 0.370 e. The Labute approximate surface area is 141 Å². The van der Waals surface area contributed by atoms with Gasteiger partial charge in [-0.1, -0.05) is 42.5 Å². The van der Waals surface area contributed by atoms with E-state index >= 15 is 0 Å². The van der Waals surface area contributed by atoms with Gasteiger partial charge < -0.3 is 9.64 Å². The summed E-state index contributed by atoms with van der Waals surface area (Å²) in [6.07, 6.45) is 12.5.